The molecule has 0 saturated carbocycles. The first-order chi connectivity index (χ1) is 8.66. The first-order valence-corrected chi connectivity index (χ1v) is 6.26. The molecule has 0 aromatic carbocycles. The molecule has 2 rings (SSSR count). The van der Waals surface area contributed by atoms with E-state index in [9.17, 15) is 9.59 Å². The van der Waals surface area contributed by atoms with Crippen LogP contribution in [-0.2, 0) is 9.53 Å². The number of carbonyl (C=O) groups excluding carboxylic acids is 2. The Morgan fingerprint density at radius 2 is 2.33 bits per heavy atom. The molecule has 2 aliphatic heterocycles. The highest BCUT2D eigenvalue weighted by Crippen LogP contribution is 2.01. The summed E-state index contributed by atoms with van der Waals surface area (Å²) in [6, 6.07) is -0.296. The zero-order chi connectivity index (χ0) is 13.0. The molecule has 0 aliphatic carbocycles. The van der Waals surface area contributed by atoms with Crippen LogP contribution in [0.25, 0.3) is 0 Å². The van der Waals surface area contributed by atoms with Crippen molar-refractivity contribution in [1.29, 1.82) is 0 Å². The molecule has 0 radical (unpaired) electrons. The van der Waals surface area contributed by atoms with Gasteiger partial charge in [-0.3, -0.25) is 9.69 Å². The first kappa shape index (κ1) is 13.3. The summed E-state index contributed by atoms with van der Waals surface area (Å²) in [6.45, 7) is 4.52. The van der Waals surface area contributed by atoms with E-state index in [2.05, 4.69) is 22.6 Å². The molecule has 2 saturated heterocycles. The fourth-order valence-electron chi connectivity index (χ4n) is 2.13. The second kappa shape index (κ2) is 6.12. The van der Waals surface area contributed by atoms with Gasteiger partial charge in [0.05, 0.1) is 19.3 Å². The number of urea groups is 1. The van der Waals surface area contributed by atoms with Gasteiger partial charge in [0, 0.05) is 32.7 Å². The van der Waals surface area contributed by atoms with Gasteiger partial charge in [0.15, 0.2) is 0 Å². The maximum absolute atomic E-state index is 11.3. The van der Waals surface area contributed by atoms with Crippen LogP contribution in [0, 0.1) is 0 Å². The molecule has 18 heavy (non-hydrogen) atoms. The third-order valence-corrected chi connectivity index (χ3v) is 3.16. The van der Waals surface area contributed by atoms with E-state index in [1.807, 2.05) is 0 Å². The average molecular weight is 256 g/mol. The highest BCUT2D eigenvalue weighted by Gasteiger charge is 2.27. The number of rotatable bonds is 5. The van der Waals surface area contributed by atoms with E-state index in [1.165, 1.54) is 4.90 Å². The normalized spacial score (nSPS) is 25.6. The first-order valence-electron chi connectivity index (χ1n) is 6.26. The van der Waals surface area contributed by atoms with Gasteiger partial charge in [0.25, 0.3) is 0 Å². The number of hydrogen-bond acceptors (Lipinski definition) is 5. The monoisotopic (exact) mass is 256 g/mol. The van der Waals surface area contributed by atoms with Crippen molar-refractivity contribution in [2.24, 2.45) is 0 Å². The number of ether oxygens (including phenoxy) is 1. The number of nitrogens with zero attached hydrogens (tertiary/aromatic N) is 2. The standard InChI is InChI=1S/C11H20N4O3/c1-14-4-5-18-9(8-14)6-12-2-3-15-10(16)7-13-11(15)17/h9,12H,2-8H2,1H3,(H,13,17)/t9-/m0/s1. The van der Waals surface area contributed by atoms with Gasteiger partial charge in [0.1, 0.15) is 0 Å². The second-order valence-electron chi connectivity index (χ2n) is 4.66. The number of carbonyl (C=O) groups is 2. The summed E-state index contributed by atoms with van der Waals surface area (Å²) in [5.74, 6) is -0.157. The van der Waals surface area contributed by atoms with E-state index in [4.69, 9.17) is 4.74 Å². The van der Waals surface area contributed by atoms with Crippen LogP contribution in [-0.4, -0.2) is 80.8 Å². The Bertz CT molecular complexity index is 307. The van der Waals surface area contributed by atoms with Gasteiger partial charge in [-0.2, -0.15) is 0 Å². The minimum Gasteiger partial charge on any atom is -0.374 e. The second-order valence-corrected chi connectivity index (χ2v) is 4.66. The SMILES string of the molecule is CN1CCO[C@@H](CNCCN2C(=O)CNC2=O)C1. The summed E-state index contributed by atoms with van der Waals surface area (Å²) < 4.78 is 5.60. The smallest absolute Gasteiger partial charge is 0.324 e. The molecule has 0 aromatic rings. The van der Waals surface area contributed by atoms with Gasteiger partial charge >= 0.3 is 6.03 Å². The van der Waals surface area contributed by atoms with Gasteiger partial charge < -0.3 is 20.3 Å². The summed E-state index contributed by atoms with van der Waals surface area (Å²) in [5, 5.41) is 5.71. The fraction of sp³-hybridized carbons (Fsp3) is 0.818. The third kappa shape index (κ3) is 3.41. The Labute approximate surface area is 106 Å². The minimum atomic E-state index is -0.296. The topological polar surface area (TPSA) is 73.9 Å². The molecule has 0 aromatic heterocycles. The summed E-state index contributed by atoms with van der Waals surface area (Å²) in [5.41, 5.74) is 0. The molecule has 7 heteroatoms. The summed E-state index contributed by atoms with van der Waals surface area (Å²) >= 11 is 0. The molecule has 7 nitrogen and oxygen atoms in total. The molecule has 2 aliphatic rings. The molecule has 2 N–H and O–H groups in total. The highest BCUT2D eigenvalue weighted by atomic mass is 16.5. The Kier molecular flexibility index (Phi) is 4.51. The van der Waals surface area contributed by atoms with Crippen molar-refractivity contribution in [2.75, 3.05) is 52.9 Å². The lowest BCUT2D eigenvalue weighted by atomic mass is 10.3. The van der Waals surface area contributed by atoms with E-state index in [0.717, 1.165) is 26.2 Å². The largest absolute Gasteiger partial charge is 0.374 e. The van der Waals surface area contributed by atoms with Crippen LogP contribution in [0.1, 0.15) is 0 Å². The number of nitrogens with one attached hydrogen (secondary N) is 2. The van der Waals surface area contributed by atoms with E-state index < -0.39 is 0 Å². The zero-order valence-electron chi connectivity index (χ0n) is 10.6. The quantitative estimate of drug-likeness (QED) is 0.460. The van der Waals surface area contributed by atoms with E-state index >= 15 is 0 Å². The van der Waals surface area contributed by atoms with Gasteiger partial charge in [-0.05, 0) is 7.05 Å². The number of amides is 3. The molecular formula is C11H20N4O3. The number of morpholine rings is 1. The lowest BCUT2D eigenvalue weighted by Crippen LogP contribution is -2.46. The van der Waals surface area contributed by atoms with E-state index in [-0.39, 0.29) is 24.6 Å². The van der Waals surface area contributed by atoms with Crippen molar-refractivity contribution < 1.29 is 14.3 Å². The van der Waals surface area contributed by atoms with Crippen LogP contribution in [0.4, 0.5) is 4.79 Å². The fourth-order valence-corrected chi connectivity index (χ4v) is 2.13. The van der Waals surface area contributed by atoms with Crippen molar-refractivity contribution in [3.05, 3.63) is 0 Å². The van der Waals surface area contributed by atoms with Crippen LogP contribution in [0.2, 0.25) is 0 Å². The van der Waals surface area contributed by atoms with Crippen LogP contribution in [0.3, 0.4) is 0 Å². The lowest BCUT2D eigenvalue weighted by molar-refractivity contribution is -0.124. The Balaban J connectivity index is 1.61. The van der Waals surface area contributed by atoms with Crippen molar-refractivity contribution in [3.8, 4) is 0 Å². The van der Waals surface area contributed by atoms with Crippen molar-refractivity contribution in [2.45, 2.75) is 6.10 Å². The molecule has 0 unspecified atom stereocenters. The van der Waals surface area contributed by atoms with Gasteiger partial charge in [0.2, 0.25) is 5.91 Å². The minimum absolute atomic E-state index is 0.120. The lowest BCUT2D eigenvalue weighted by Gasteiger charge is -2.30. The van der Waals surface area contributed by atoms with Gasteiger partial charge in [-0.1, -0.05) is 0 Å². The van der Waals surface area contributed by atoms with E-state index in [0.29, 0.717) is 13.1 Å². The summed E-state index contributed by atoms with van der Waals surface area (Å²) in [4.78, 5) is 26.0. The number of hydrogen-bond donors (Lipinski definition) is 2. The molecular weight excluding hydrogens is 236 g/mol. The molecule has 3 amide bonds. The molecule has 0 spiro atoms. The zero-order valence-corrected chi connectivity index (χ0v) is 10.6. The van der Waals surface area contributed by atoms with Crippen LogP contribution in [0.5, 0.6) is 0 Å². The molecule has 2 heterocycles. The summed E-state index contributed by atoms with van der Waals surface area (Å²) in [6.07, 6.45) is 0.187. The highest BCUT2D eigenvalue weighted by molar-refractivity contribution is 6.01. The Morgan fingerprint density at radius 1 is 1.50 bits per heavy atom. The summed E-state index contributed by atoms with van der Waals surface area (Å²) in [7, 11) is 2.07. The third-order valence-electron chi connectivity index (χ3n) is 3.16. The van der Waals surface area contributed by atoms with Crippen molar-refractivity contribution in [1.82, 2.24) is 20.4 Å². The van der Waals surface area contributed by atoms with Crippen molar-refractivity contribution >= 4 is 11.9 Å². The van der Waals surface area contributed by atoms with Gasteiger partial charge in [-0.15, -0.1) is 0 Å². The molecule has 1 atom stereocenters. The van der Waals surface area contributed by atoms with Crippen LogP contribution >= 0.6 is 0 Å². The molecule has 2 fully saturated rings. The van der Waals surface area contributed by atoms with E-state index in [1.54, 1.807) is 0 Å². The van der Waals surface area contributed by atoms with Crippen LogP contribution in [0.15, 0.2) is 0 Å². The number of likely N-dealkylation sites (N-methyl/N-ethyl adjacent to an activating group) is 1. The molecule has 0 bridgehead atoms. The predicted molar refractivity (Wildman–Crippen MR) is 65.2 cm³/mol. The van der Waals surface area contributed by atoms with Gasteiger partial charge in [-0.25, -0.2) is 4.79 Å². The van der Waals surface area contributed by atoms with Crippen LogP contribution < -0.4 is 10.6 Å². The Hall–Kier alpha value is -1.18. The predicted octanol–water partition coefficient (Wildman–Crippen LogP) is -1.54. The maximum Gasteiger partial charge on any atom is 0.324 e. The molecule has 102 valence electrons. The Morgan fingerprint density at radius 3 is 3.00 bits per heavy atom. The average Bonchev–Trinajstić information content (AvgIpc) is 2.66. The number of imide groups is 1. The maximum atomic E-state index is 11.3. The van der Waals surface area contributed by atoms with Crippen molar-refractivity contribution in [3.63, 3.8) is 0 Å².